The second kappa shape index (κ2) is 8.20. The molecule has 162 valence electrons. The highest BCUT2D eigenvalue weighted by molar-refractivity contribution is 7.89. The molecule has 2 aliphatic rings. The molecule has 0 radical (unpaired) electrons. The maximum absolute atomic E-state index is 14.1. The van der Waals surface area contributed by atoms with Gasteiger partial charge in [0.2, 0.25) is 10.0 Å². The molecule has 0 amide bonds. The summed E-state index contributed by atoms with van der Waals surface area (Å²) in [6, 6.07) is 3.63. The Labute approximate surface area is 177 Å². The molecule has 1 atom stereocenters. The van der Waals surface area contributed by atoms with Gasteiger partial charge in [-0.05, 0) is 50.9 Å². The van der Waals surface area contributed by atoms with Gasteiger partial charge in [0, 0.05) is 32.2 Å². The molecular formula is C21H28FN5O2S. The minimum atomic E-state index is -3.87. The van der Waals surface area contributed by atoms with E-state index in [0.717, 1.165) is 48.9 Å². The number of fused-ring (bicyclic) bond motifs is 1. The summed E-state index contributed by atoms with van der Waals surface area (Å²) in [4.78, 5) is 11.7. The summed E-state index contributed by atoms with van der Waals surface area (Å²) in [5.74, 6) is 0.770. The zero-order valence-electron chi connectivity index (χ0n) is 17.7. The van der Waals surface area contributed by atoms with E-state index in [0.29, 0.717) is 30.9 Å². The van der Waals surface area contributed by atoms with E-state index in [-0.39, 0.29) is 4.90 Å². The van der Waals surface area contributed by atoms with Gasteiger partial charge in [-0.3, -0.25) is 0 Å². The Kier molecular flexibility index (Phi) is 5.78. The molecule has 2 aliphatic heterocycles. The Morgan fingerprint density at radius 3 is 2.73 bits per heavy atom. The molecule has 4 rings (SSSR count). The van der Waals surface area contributed by atoms with Crippen LogP contribution < -0.4 is 5.32 Å². The third-order valence-corrected chi connectivity index (χ3v) is 7.92. The fourth-order valence-electron chi connectivity index (χ4n) is 4.26. The molecule has 2 aromatic rings. The van der Waals surface area contributed by atoms with E-state index in [1.807, 2.05) is 14.1 Å². The third kappa shape index (κ3) is 3.81. The second-order valence-corrected chi connectivity index (χ2v) is 10.0. The number of aromatic nitrogens is 2. The number of piperidine rings is 1. The fraction of sp³-hybridized carbons (Fsp3) is 0.524. The normalized spacial score (nSPS) is 20.7. The molecule has 1 aromatic heterocycles. The average molecular weight is 434 g/mol. The molecule has 0 unspecified atom stereocenters. The van der Waals surface area contributed by atoms with Crippen molar-refractivity contribution in [2.45, 2.75) is 50.1 Å². The van der Waals surface area contributed by atoms with E-state index < -0.39 is 21.9 Å². The fourth-order valence-corrected chi connectivity index (χ4v) is 5.92. The molecule has 30 heavy (non-hydrogen) atoms. The summed E-state index contributed by atoms with van der Waals surface area (Å²) in [6.45, 7) is 3.64. The van der Waals surface area contributed by atoms with Crippen LogP contribution in [0.25, 0.3) is 0 Å². The number of anilines is 1. The summed E-state index contributed by atoms with van der Waals surface area (Å²) in [5.41, 5.74) is 2.47. The Bertz CT molecular complexity index is 1060. The van der Waals surface area contributed by atoms with Crippen molar-refractivity contribution in [1.29, 1.82) is 0 Å². The first kappa shape index (κ1) is 21.1. The van der Waals surface area contributed by atoms with Crippen molar-refractivity contribution in [2.75, 3.05) is 32.5 Å². The van der Waals surface area contributed by atoms with Crippen LogP contribution in [0.2, 0.25) is 0 Å². The molecule has 0 spiro atoms. The quantitative estimate of drug-likeness (QED) is 0.799. The Hall–Kier alpha value is -2.10. The van der Waals surface area contributed by atoms with Gasteiger partial charge in [-0.15, -0.1) is 0 Å². The number of likely N-dealkylation sites (N-methyl/N-ethyl adjacent to an activating group) is 1. The molecule has 0 bridgehead atoms. The van der Waals surface area contributed by atoms with Crippen LogP contribution in [0.4, 0.5) is 10.2 Å². The van der Waals surface area contributed by atoms with E-state index in [1.54, 1.807) is 6.92 Å². The van der Waals surface area contributed by atoms with Crippen molar-refractivity contribution in [3.63, 3.8) is 0 Å². The number of nitrogens with one attached hydrogen (secondary N) is 1. The van der Waals surface area contributed by atoms with Crippen LogP contribution in [0.15, 0.2) is 23.1 Å². The molecule has 1 aromatic carbocycles. The van der Waals surface area contributed by atoms with Gasteiger partial charge < -0.3 is 10.2 Å². The van der Waals surface area contributed by atoms with Gasteiger partial charge in [0.15, 0.2) is 0 Å². The van der Waals surface area contributed by atoms with Crippen molar-refractivity contribution >= 4 is 15.8 Å². The smallest absolute Gasteiger partial charge is 0.243 e. The van der Waals surface area contributed by atoms with Crippen molar-refractivity contribution in [3.05, 3.63) is 46.7 Å². The second-order valence-electron chi connectivity index (χ2n) is 8.13. The number of rotatable bonds is 4. The summed E-state index contributed by atoms with van der Waals surface area (Å²) in [7, 11) is 0.00951. The van der Waals surface area contributed by atoms with Crippen LogP contribution in [-0.4, -0.2) is 54.8 Å². The van der Waals surface area contributed by atoms with Crippen LogP contribution in [0.1, 0.15) is 47.9 Å². The highest BCUT2D eigenvalue weighted by Crippen LogP contribution is 2.36. The van der Waals surface area contributed by atoms with Gasteiger partial charge in [0.1, 0.15) is 17.5 Å². The van der Waals surface area contributed by atoms with Crippen molar-refractivity contribution in [1.82, 2.24) is 19.2 Å². The van der Waals surface area contributed by atoms with E-state index in [9.17, 15) is 12.8 Å². The maximum Gasteiger partial charge on any atom is 0.243 e. The van der Waals surface area contributed by atoms with E-state index in [4.69, 9.17) is 9.97 Å². The largest absolute Gasteiger partial charge is 0.373 e. The van der Waals surface area contributed by atoms with Crippen LogP contribution >= 0.6 is 0 Å². The van der Waals surface area contributed by atoms with Crippen molar-refractivity contribution in [3.8, 4) is 0 Å². The maximum atomic E-state index is 14.1. The molecular weight excluding hydrogens is 405 g/mol. The van der Waals surface area contributed by atoms with Crippen molar-refractivity contribution in [2.24, 2.45) is 0 Å². The monoisotopic (exact) mass is 433 g/mol. The standard InChI is InChI=1S/C21H28FN5O2S/c1-14-7-8-15(12-17(14)22)30(28,29)27-10-5-4-6-19(27)21-24-18-13-26(3)11-9-16(18)20(23-2)25-21/h7-8,12,19H,4-6,9-11,13H2,1-3H3,(H,23,24,25)/t19-/m0/s1. The number of halogens is 1. The van der Waals surface area contributed by atoms with E-state index in [1.165, 1.54) is 16.4 Å². The lowest BCUT2D eigenvalue weighted by molar-refractivity contribution is 0.244. The summed E-state index contributed by atoms with van der Waals surface area (Å²) >= 11 is 0. The van der Waals surface area contributed by atoms with Crippen LogP contribution in [0.3, 0.4) is 0 Å². The Morgan fingerprint density at radius 2 is 2.00 bits per heavy atom. The highest BCUT2D eigenvalue weighted by Gasteiger charge is 2.37. The van der Waals surface area contributed by atoms with Gasteiger partial charge in [-0.1, -0.05) is 12.5 Å². The van der Waals surface area contributed by atoms with Gasteiger partial charge >= 0.3 is 0 Å². The highest BCUT2D eigenvalue weighted by atomic mass is 32.2. The van der Waals surface area contributed by atoms with Crippen LogP contribution in [0, 0.1) is 12.7 Å². The number of sulfonamides is 1. The van der Waals surface area contributed by atoms with Gasteiger partial charge in [-0.25, -0.2) is 22.8 Å². The summed E-state index contributed by atoms with van der Waals surface area (Å²) < 4.78 is 42.4. The zero-order valence-corrected chi connectivity index (χ0v) is 18.5. The first-order valence-electron chi connectivity index (χ1n) is 10.3. The molecule has 9 heteroatoms. The lowest BCUT2D eigenvalue weighted by Gasteiger charge is -2.35. The van der Waals surface area contributed by atoms with Crippen molar-refractivity contribution < 1.29 is 12.8 Å². The van der Waals surface area contributed by atoms with E-state index >= 15 is 0 Å². The van der Waals surface area contributed by atoms with E-state index in [2.05, 4.69) is 10.2 Å². The molecule has 1 saturated heterocycles. The molecule has 0 aliphatic carbocycles. The molecule has 3 heterocycles. The molecule has 0 saturated carbocycles. The minimum Gasteiger partial charge on any atom is -0.373 e. The zero-order chi connectivity index (χ0) is 21.5. The lowest BCUT2D eigenvalue weighted by atomic mass is 10.0. The van der Waals surface area contributed by atoms with Gasteiger partial charge in [-0.2, -0.15) is 4.31 Å². The number of nitrogens with zero attached hydrogens (tertiary/aromatic N) is 4. The average Bonchev–Trinajstić information content (AvgIpc) is 2.74. The third-order valence-electron chi connectivity index (χ3n) is 6.01. The number of aryl methyl sites for hydroxylation is 1. The van der Waals surface area contributed by atoms with Gasteiger partial charge in [0.25, 0.3) is 0 Å². The molecule has 1 fully saturated rings. The number of hydrogen-bond acceptors (Lipinski definition) is 6. The van der Waals surface area contributed by atoms with Crippen LogP contribution in [0.5, 0.6) is 0 Å². The summed E-state index contributed by atoms with van der Waals surface area (Å²) in [5, 5.41) is 3.16. The van der Waals surface area contributed by atoms with Gasteiger partial charge in [0.05, 0.1) is 16.6 Å². The minimum absolute atomic E-state index is 0.0240. The number of benzene rings is 1. The molecule has 1 N–H and O–H groups in total. The Morgan fingerprint density at radius 1 is 1.20 bits per heavy atom. The predicted molar refractivity (Wildman–Crippen MR) is 113 cm³/mol. The Balaban J connectivity index is 1.76. The predicted octanol–water partition coefficient (Wildman–Crippen LogP) is 2.87. The first-order chi connectivity index (χ1) is 14.3. The topological polar surface area (TPSA) is 78.4 Å². The first-order valence-corrected chi connectivity index (χ1v) is 11.8. The molecule has 7 nitrogen and oxygen atoms in total. The SMILES string of the molecule is CNc1nc([C@@H]2CCCCN2S(=O)(=O)c2ccc(C)c(F)c2)nc2c1CCN(C)C2. The number of hydrogen-bond donors (Lipinski definition) is 1. The summed E-state index contributed by atoms with van der Waals surface area (Å²) in [6.07, 6.45) is 3.16. The van der Waals surface area contributed by atoms with Crippen LogP contribution in [-0.2, 0) is 23.0 Å². The lowest BCUT2D eigenvalue weighted by Crippen LogP contribution is -2.40.